The molecule has 1 heterocycles. The molecule has 7 heteroatoms. The van der Waals surface area contributed by atoms with Crippen LogP contribution < -0.4 is 16.2 Å². The van der Waals surface area contributed by atoms with Gasteiger partial charge in [0.05, 0.1) is 0 Å². The van der Waals surface area contributed by atoms with Gasteiger partial charge in [-0.15, -0.1) is 0 Å². The number of benzene rings is 1. The van der Waals surface area contributed by atoms with E-state index in [1.807, 2.05) is 24.3 Å². The van der Waals surface area contributed by atoms with Gasteiger partial charge in [-0.05, 0) is 36.7 Å². The molecule has 1 aromatic carbocycles. The maximum absolute atomic E-state index is 11.8. The molecule has 0 aliphatic heterocycles. The molecule has 0 bridgehead atoms. The van der Waals surface area contributed by atoms with Crippen molar-refractivity contribution in [1.29, 1.82) is 0 Å². The number of nitrogens with zero attached hydrogens (tertiary/aromatic N) is 1. The Morgan fingerprint density at radius 3 is 2.83 bits per heavy atom. The summed E-state index contributed by atoms with van der Waals surface area (Å²) < 4.78 is 5.57. The number of carbonyl (C=O) groups is 1. The highest BCUT2D eigenvalue weighted by molar-refractivity contribution is 7.80. The van der Waals surface area contributed by atoms with Crippen molar-refractivity contribution >= 4 is 34.3 Å². The number of thiocarbonyl (C=S) groups is 1. The maximum atomic E-state index is 11.8. The number of aryl methyl sites for hydroxylation is 1. The molecule has 0 spiro atoms. The number of hydrazine groups is 1. The molecule has 0 aliphatic carbocycles. The second-order valence-electron chi connectivity index (χ2n) is 5.69. The number of para-hydroxylation sites is 2. The third kappa shape index (κ3) is 5.86. The summed E-state index contributed by atoms with van der Waals surface area (Å²) >= 11 is 5.08. The quantitative estimate of drug-likeness (QED) is 0.556. The van der Waals surface area contributed by atoms with Gasteiger partial charge < -0.3 is 9.73 Å². The summed E-state index contributed by atoms with van der Waals surface area (Å²) in [6.07, 6.45) is 1.73. The van der Waals surface area contributed by atoms with Crippen molar-refractivity contribution in [3.05, 3.63) is 30.2 Å². The Morgan fingerprint density at radius 2 is 2.09 bits per heavy atom. The molecular formula is C16H22N4O2S. The highest BCUT2D eigenvalue weighted by Gasteiger charge is 2.08. The Balaban J connectivity index is 1.67. The fourth-order valence-corrected chi connectivity index (χ4v) is 2.11. The zero-order valence-electron chi connectivity index (χ0n) is 13.4. The van der Waals surface area contributed by atoms with Crippen LogP contribution in [-0.2, 0) is 11.2 Å². The van der Waals surface area contributed by atoms with E-state index in [2.05, 4.69) is 35.0 Å². The molecule has 1 amide bonds. The monoisotopic (exact) mass is 334 g/mol. The number of hydrogen-bond acceptors (Lipinski definition) is 4. The van der Waals surface area contributed by atoms with Crippen LogP contribution in [0.3, 0.4) is 0 Å². The zero-order valence-corrected chi connectivity index (χ0v) is 14.2. The Labute approximate surface area is 141 Å². The Hall–Kier alpha value is -2.15. The number of hydrogen-bond donors (Lipinski definition) is 3. The van der Waals surface area contributed by atoms with Gasteiger partial charge >= 0.3 is 0 Å². The van der Waals surface area contributed by atoms with E-state index in [4.69, 9.17) is 16.6 Å². The highest BCUT2D eigenvalue weighted by Crippen LogP contribution is 2.15. The lowest BCUT2D eigenvalue weighted by atomic mass is 10.1. The standard InChI is InChI=1S/C16H22N4O2S/c1-11(2)9-10-17-16(23)20-19-14(21)7-8-15-18-12-5-3-4-6-13(12)22-15/h3-6,11H,7-10H2,1-2H3,(H,19,21)(H2,17,20,23). The number of aromatic nitrogens is 1. The van der Waals surface area contributed by atoms with Crippen LogP contribution in [0.1, 0.15) is 32.6 Å². The molecule has 0 saturated carbocycles. The van der Waals surface area contributed by atoms with E-state index in [0.29, 0.717) is 23.3 Å². The van der Waals surface area contributed by atoms with Gasteiger partial charge in [-0.1, -0.05) is 26.0 Å². The first-order valence-electron chi connectivity index (χ1n) is 7.71. The van der Waals surface area contributed by atoms with Gasteiger partial charge in [-0.3, -0.25) is 15.6 Å². The van der Waals surface area contributed by atoms with Crippen molar-refractivity contribution in [3.8, 4) is 0 Å². The zero-order chi connectivity index (χ0) is 16.7. The first-order valence-corrected chi connectivity index (χ1v) is 8.12. The molecule has 0 radical (unpaired) electrons. The van der Waals surface area contributed by atoms with Crippen LogP contribution in [0, 0.1) is 5.92 Å². The van der Waals surface area contributed by atoms with Crippen LogP contribution in [0.15, 0.2) is 28.7 Å². The largest absolute Gasteiger partial charge is 0.441 e. The maximum Gasteiger partial charge on any atom is 0.238 e. The van der Waals surface area contributed by atoms with E-state index in [-0.39, 0.29) is 12.3 Å². The second kappa shape index (κ2) is 8.47. The fourth-order valence-electron chi connectivity index (χ4n) is 1.95. The number of rotatable bonds is 6. The van der Waals surface area contributed by atoms with Gasteiger partial charge in [0, 0.05) is 19.4 Å². The lowest BCUT2D eigenvalue weighted by molar-refractivity contribution is -0.121. The summed E-state index contributed by atoms with van der Waals surface area (Å²) in [6, 6.07) is 7.53. The Bertz CT molecular complexity index is 636. The van der Waals surface area contributed by atoms with Crippen LogP contribution in [-0.4, -0.2) is 22.5 Å². The Kier molecular flexibility index (Phi) is 6.34. The van der Waals surface area contributed by atoms with Crippen molar-refractivity contribution in [1.82, 2.24) is 21.2 Å². The van der Waals surface area contributed by atoms with Gasteiger partial charge in [0.15, 0.2) is 16.6 Å². The summed E-state index contributed by atoms with van der Waals surface area (Å²) in [5.74, 6) is 0.996. The lowest BCUT2D eigenvalue weighted by Gasteiger charge is -2.12. The van der Waals surface area contributed by atoms with Gasteiger partial charge in [0.2, 0.25) is 5.91 Å². The molecule has 0 saturated heterocycles. The fraction of sp³-hybridized carbons (Fsp3) is 0.438. The molecule has 1 aromatic heterocycles. The number of carbonyl (C=O) groups excluding carboxylic acids is 1. The van der Waals surface area contributed by atoms with E-state index in [0.717, 1.165) is 24.1 Å². The minimum Gasteiger partial charge on any atom is -0.441 e. The van der Waals surface area contributed by atoms with E-state index < -0.39 is 0 Å². The summed E-state index contributed by atoms with van der Waals surface area (Å²) in [5.41, 5.74) is 6.79. The summed E-state index contributed by atoms with van der Waals surface area (Å²) in [5, 5.41) is 3.45. The predicted octanol–water partition coefficient (Wildman–Crippen LogP) is 2.30. The van der Waals surface area contributed by atoms with Crippen LogP contribution in [0.25, 0.3) is 11.1 Å². The average Bonchev–Trinajstić information content (AvgIpc) is 2.93. The minimum atomic E-state index is -0.166. The molecule has 2 aromatic rings. The predicted molar refractivity (Wildman–Crippen MR) is 93.7 cm³/mol. The molecule has 0 atom stereocenters. The van der Waals surface area contributed by atoms with Crippen molar-refractivity contribution < 1.29 is 9.21 Å². The minimum absolute atomic E-state index is 0.166. The van der Waals surface area contributed by atoms with Gasteiger partial charge in [-0.25, -0.2) is 4.98 Å². The van der Waals surface area contributed by atoms with Crippen molar-refractivity contribution in [2.24, 2.45) is 5.92 Å². The molecule has 23 heavy (non-hydrogen) atoms. The molecular weight excluding hydrogens is 312 g/mol. The SMILES string of the molecule is CC(C)CCNC(=S)NNC(=O)CCc1nc2ccccc2o1. The third-order valence-corrected chi connectivity index (χ3v) is 3.47. The van der Waals surface area contributed by atoms with E-state index >= 15 is 0 Å². The first kappa shape index (κ1) is 17.2. The van der Waals surface area contributed by atoms with Crippen LogP contribution in [0.4, 0.5) is 0 Å². The smallest absolute Gasteiger partial charge is 0.238 e. The normalized spacial score (nSPS) is 10.7. The topological polar surface area (TPSA) is 79.2 Å². The number of oxazole rings is 1. The van der Waals surface area contributed by atoms with E-state index in [9.17, 15) is 4.79 Å². The molecule has 2 rings (SSSR count). The Morgan fingerprint density at radius 1 is 1.30 bits per heavy atom. The van der Waals surface area contributed by atoms with E-state index in [1.54, 1.807) is 0 Å². The average molecular weight is 334 g/mol. The van der Waals surface area contributed by atoms with Crippen molar-refractivity contribution in [2.75, 3.05) is 6.54 Å². The highest BCUT2D eigenvalue weighted by atomic mass is 32.1. The van der Waals surface area contributed by atoms with Gasteiger partial charge in [0.25, 0.3) is 0 Å². The van der Waals surface area contributed by atoms with Gasteiger partial charge in [-0.2, -0.15) is 0 Å². The van der Waals surface area contributed by atoms with Gasteiger partial charge in [0.1, 0.15) is 5.52 Å². The summed E-state index contributed by atoms with van der Waals surface area (Å²) in [4.78, 5) is 16.1. The second-order valence-corrected chi connectivity index (χ2v) is 6.10. The molecule has 0 unspecified atom stereocenters. The lowest BCUT2D eigenvalue weighted by Crippen LogP contribution is -2.47. The van der Waals surface area contributed by atoms with Crippen LogP contribution >= 0.6 is 12.2 Å². The number of nitrogens with one attached hydrogen (secondary N) is 3. The van der Waals surface area contributed by atoms with Crippen molar-refractivity contribution in [2.45, 2.75) is 33.1 Å². The van der Waals surface area contributed by atoms with Crippen LogP contribution in [0.2, 0.25) is 0 Å². The molecule has 0 fully saturated rings. The molecule has 3 N–H and O–H groups in total. The molecule has 6 nitrogen and oxygen atoms in total. The van der Waals surface area contributed by atoms with E-state index in [1.165, 1.54) is 0 Å². The molecule has 0 aliphatic rings. The number of amides is 1. The first-order chi connectivity index (χ1) is 11.0. The third-order valence-electron chi connectivity index (χ3n) is 3.23. The van der Waals surface area contributed by atoms with Crippen LogP contribution in [0.5, 0.6) is 0 Å². The summed E-state index contributed by atoms with van der Waals surface area (Å²) in [7, 11) is 0. The summed E-state index contributed by atoms with van der Waals surface area (Å²) in [6.45, 7) is 5.07. The molecule has 124 valence electrons. The van der Waals surface area contributed by atoms with Crippen molar-refractivity contribution in [3.63, 3.8) is 0 Å². The number of fused-ring (bicyclic) bond motifs is 1.